The zero-order chi connectivity index (χ0) is 13.6. The summed E-state index contributed by atoms with van der Waals surface area (Å²) in [4.78, 5) is 25.1. The summed E-state index contributed by atoms with van der Waals surface area (Å²) in [7, 11) is 1.48. The van der Waals surface area contributed by atoms with E-state index in [0.29, 0.717) is 28.9 Å². The van der Waals surface area contributed by atoms with Gasteiger partial charge in [-0.3, -0.25) is 9.59 Å². The Morgan fingerprint density at radius 3 is 2.26 bits per heavy atom. The van der Waals surface area contributed by atoms with E-state index in [-0.39, 0.29) is 17.5 Å². The minimum Gasteiger partial charge on any atom is -0.352 e. The predicted molar refractivity (Wildman–Crippen MR) is 68.0 cm³/mol. The number of Topliss-reactive ketones (excluding diaryl/α,β-unsaturated/α-hetero) is 2. The number of fused-ring (bicyclic) bond motifs is 1. The molecular weight excluding hydrogens is 244 g/mol. The molecule has 1 aromatic rings. The fraction of sp³-hybridized carbons (Fsp3) is 0.333. The Morgan fingerprint density at radius 2 is 1.68 bits per heavy atom. The van der Waals surface area contributed by atoms with Crippen molar-refractivity contribution in [1.82, 2.24) is 0 Å². The van der Waals surface area contributed by atoms with Gasteiger partial charge in [0.25, 0.3) is 0 Å². The fourth-order valence-electron chi connectivity index (χ4n) is 2.72. The van der Waals surface area contributed by atoms with E-state index in [9.17, 15) is 9.59 Å². The van der Waals surface area contributed by atoms with Gasteiger partial charge in [0.05, 0.1) is 12.2 Å². The Balaban J connectivity index is 2.23. The molecule has 0 spiro atoms. The molecule has 0 saturated heterocycles. The van der Waals surface area contributed by atoms with Crippen LogP contribution >= 0.6 is 0 Å². The maximum Gasteiger partial charge on any atom is 0.195 e. The molecule has 0 bridgehead atoms. The normalized spacial score (nSPS) is 26.2. The van der Waals surface area contributed by atoms with Crippen LogP contribution in [0.3, 0.4) is 0 Å². The molecule has 0 N–H and O–H groups in total. The Bertz CT molecular complexity index is 600. The van der Waals surface area contributed by atoms with Crippen LogP contribution in [-0.4, -0.2) is 31.6 Å². The van der Waals surface area contributed by atoms with Crippen LogP contribution in [0.1, 0.15) is 27.6 Å². The maximum atomic E-state index is 12.5. The summed E-state index contributed by atoms with van der Waals surface area (Å²) < 4.78 is 10.7. The molecule has 0 aromatic heterocycles. The molecule has 2 aliphatic rings. The summed E-state index contributed by atoms with van der Waals surface area (Å²) in [6, 6.07) is 6.90. The minimum absolute atomic E-state index is 0.0805. The van der Waals surface area contributed by atoms with Crippen LogP contribution in [0.15, 0.2) is 35.4 Å². The average Bonchev–Trinajstić information content (AvgIpc) is 2.44. The van der Waals surface area contributed by atoms with Crippen molar-refractivity contribution >= 4 is 11.6 Å². The zero-order valence-corrected chi connectivity index (χ0v) is 10.8. The van der Waals surface area contributed by atoms with Gasteiger partial charge in [-0.1, -0.05) is 31.2 Å². The second kappa shape index (κ2) is 4.40. The number of carbonyl (C=O) groups excluding carboxylic acids is 2. The average molecular weight is 258 g/mol. The van der Waals surface area contributed by atoms with Crippen LogP contribution in [-0.2, 0) is 9.47 Å². The summed E-state index contributed by atoms with van der Waals surface area (Å²) in [5, 5.41) is 0. The zero-order valence-electron chi connectivity index (χ0n) is 10.8. The molecule has 0 radical (unpaired) electrons. The minimum atomic E-state index is -0.740. The van der Waals surface area contributed by atoms with Gasteiger partial charge in [0.2, 0.25) is 0 Å². The highest BCUT2D eigenvalue weighted by Crippen LogP contribution is 2.36. The van der Waals surface area contributed by atoms with Gasteiger partial charge in [0.15, 0.2) is 17.9 Å². The first-order valence-corrected chi connectivity index (χ1v) is 6.22. The Morgan fingerprint density at radius 1 is 1.11 bits per heavy atom. The SMILES string of the molecule is COC1OCC(C)C2=C1C(=O)c1ccccc1C2=O. The predicted octanol–water partition coefficient (Wildman–Crippen LogP) is 2.00. The molecule has 19 heavy (non-hydrogen) atoms. The highest BCUT2D eigenvalue weighted by molar-refractivity contribution is 6.27. The molecule has 2 unspecified atom stereocenters. The number of rotatable bonds is 1. The topological polar surface area (TPSA) is 52.6 Å². The van der Waals surface area contributed by atoms with Crippen LogP contribution in [0.2, 0.25) is 0 Å². The first-order valence-electron chi connectivity index (χ1n) is 6.22. The molecule has 3 rings (SSSR count). The van der Waals surface area contributed by atoms with Gasteiger partial charge < -0.3 is 9.47 Å². The number of ketones is 2. The lowest BCUT2D eigenvalue weighted by atomic mass is 9.78. The third-order valence-corrected chi connectivity index (χ3v) is 3.64. The van der Waals surface area contributed by atoms with E-state index in [0.717, 1.165) is 0 Å². The number of hydrogen-bond donors (Lipinski definition) is 0. The Labute approximate surface area is 111 Å². The van der Waals surface area contributed by atoms with Gasteiger partial charge in [-0.15, -0.1) is 0 Å². The third kappa shape index (κ3) is 1.68. The van der Waals surface area contributed by atoms with Crippen molar-refractivity contribution in [2.75, 3.05) is 13.7 Å². The van der Waals surface area contributed by atoms with Gasteiger partial charge in [0.1, 0.15) is 0 Å². The van der Waals surface area contributed by atoms with Crippen molar-refractivity contribution in [1.29, 1.82) is 0 Å². The number of benzene rings is 1. The number of carbonyl (C=O) groups is 2. The van der Waals surface area contributed by atoms with Crippen molar-refractivity contribution in [3.8, 4) is 0 Å². The summed E-state index contributed by atoms with van der Waals surface area (Å²) in [5.74, 6) is -0.335. The second-order valence-electron chi connectivity index (χ2n) is 4.83. The number of hydrogen-bond acceptors (Lipinski definition) is 4. The van der Waals surface area contributed by atoms with E-state index in [1.54, 1.807) is 24.3 Å². The van der Waals surface area contributed by atoms with Crippen LogP contribution in [0.4, 0.5) is 0 Å². The van der Waals surface area contributed by atoms with Gasteiger partial charge in [0, 0.05) is 29.7 Å². The van der Waals surface area contributed by atoms with Crippen LogP contribution < -0.4 is 0 Å². The lowest BCUT2D eigenvalue weighted by Gasteiger charge is -2.33. The standard InChI is InChI=1S/C15H14O4/c1-8-7-19-15(18-2)12-11(8)13(16)9-5-3-4-6-10(9)14(12)17/h3-6,8,15H,7H2,1-2H3. The third-order valence-electron chi connectivity index (χ3n) is 3.64. The van der Waals surface area contributed by atoms with Gasteiger partial charge in [-0.05, 0) is 0 Å². The van der Waals surface area contributed by atoms with E-state index >= 15 is 0 Å². The largest absolute Gasteiger partial charge is 0.352 e. The molecule has 1 aliphatic heterocycles. The van der Waals surface area contributed by atoms with E-state index in [4.69, 9.17) is 9.47 Å². The molecular formula is C15H14O4. The van der Waals surface area contributed by atoms with Crippen molar-refractivity contribution < 1.29 is 19.1 Å². The fourth-order valence-corrected chi connectivity index (χ4v) is 2.72. The molecule has 0 saturated carbocycles. The van der Waals surface area contributed by atoms with Gasteiger partial charge in [-0.2, -0.15) is 0 Å². The Hall–Kier alpha value is -1.78. The van der Waals surface area contributed by atoms with Gasteiger partial charge in [-0.25, -0.2) is 0 Å². The highest BCUT2D eigenvalue weighted by atomic mass is 16.7. The van der Waals surface area contributed by atoms with Crippen molar-refractivity contribution in [3.63, 3.8) is 0 Å². The molecule has 4 heteroatoms. The monoisotopic (exact) mass is 258 g/mol. The van der Waals surface area contributed by atoms with Gasteiger partial charge >= 0.3 is 0 Å². The second-order valence-corrected chi connectivity index (χ2v) is 4.83. The van der Waals surface area contributed by atoms with E-state index < -0.39 is 6.29 Å². The summed E-state index contributed by atoms with van der Waals surface area (Å²) in [6.07, 6.45) is -0.740. The van der Waals surface area contributed by atoms with Crippen LogP contribution in [0.5, 0.6) is 0 Å². The smallest absolute Gasteiger partial charge is 0.195 e. The van der Waals surface area contributed by atoms with E-state index in [2.05, 4.69) is 0 Å². The van der Waals surface area contributed by atoms with Crippen molar-refractivity contribution in [3.05, 3.63) is 46.5 Å². The first-order chi connectivity index (χ1) is 9.15. The number of ether oxygens (including phenoxy) is 2. The lowest BCUT2D eigenvalue weighted by Crippen LogP contribution is -2.39. The quantitative estimate of drug-likeness (QED) is 0.773. The molecule has 0 fully saturated rings. The van der Waals surface area contributed by atoms with Crippen molar-refractivity contribution in [2.24, 2.45) is 5.92 Å². The van der Waals surface area contributed by atoms with E-state index in [1.807, 2.05) is 6.92 Å². The van der Waals surface area contributed by atoms with Crippen molar-refractivity contribution in [2.45, 2.75) is 13.2 Å². The molecule has 1 aliphatic carbocycles. The molecule has 1 aromatic carbocycles. The summed E-state index contributed by atoms with van der Waals surface area (Å²) in [5.41, 5.74) is 1.83. The number of methoxy groups -OCH3 is 1. The molecule has 2 atom stereocenters. The highest BCUT2D eigenvalue weighted by Gasteiger charge is 2.41. The molecule has 1 heterocycles. The summed E-state index contributed by atoms with van der Waals surface area (Å²) >= 11 is 0. The Kier molecular flexibility index (Phi) is 2.84. The molecule has 4 nitrogen and oxygen atoms in total. The lowest BCUT2D eigenvalue weighted by molar-refractivity contribution is -0.111. The molecule has 98 valence electrons. The first kappa shape index (κ1) is 12.3. The summed E-state index contributed by atoms with van der Waals surface area (Å²) in [6.45, 7) is 2.28. The molecule has 0 amide bonds. The van der Waals surface area contributed by atoms with Crippen LogP contribution in [0, 0.1) is 5.92 Å². The maximum absolute atomic E-state index is 12.5. The van der Waals surface area contributed by atoms with Crippen LogP contribution in [0.25, 0.3) is 0 Å². The van der Waals surface area contributed by atoms with E-state index in [1.165, 1.54) is 7.11 Å².